The Labute approximate surface area is 88.5 Å². The van der Waals surface area contributed by atoms with Gasteiger partial charge in [0, 0.05) is 7.05 Å². The highest BCUT2D eigenvalue weighted by atomic mass is 16.5. The van der Waals surface area contributed by atoms with Crippen LogP contribution in [-0.2, 0) is 11.2 Å². The molecule has 0 bridgehead atoms. The number of nitrogens with one attached hydrogen (secondary N) is 1. The van der Waals surface area contributed by atoms with E-state index in [1.54, 1.807) is 25.2 Å². The predicted octanol–water partition coefficient (Wildman–Crippen LogP) is 0.855. The number of rotatable bonds is 3. The second-order valence-corrected chi connectivity index (χ2v) is 2.98. The topological polar surface area (TPSA) is 62.1 Å². The van der Waals surface area contributed by atoms with Crippen LogP contribution >= 0.6 is 0 Å². The van der Waals surface area contributed by atoms with Crippen LogP contribution < -0.4 is 10.1 Å². The summed E-state index contributed by atoms with van der Waals surface area (Å²) in [5, 5.41) is 11.4. The molecule has 4 heteroatoms. The van der Waals surface area contributed by atoms with Crippen molar-refractivity contribution in [1.29, 1.82) is 5.26 Å². The molecule has 0 aliphatic heterocycles. The molecule has 1 aromatic carbocycles. The van der Waals surface area contributed by atoms with E-state index in [1.165, 1.54) is 7.11 Å². The Bertz CT molecular complexity index is 408. The van der Waals surface area contributed by atoms with E-state index in [4.69, 9.17) is 10.00 Å². The van der Waals surface area contributed by atoms with E-state index in [2.05, 4.69) is 5.32 Å². The van der Waals surface area contributed by atoms with Crippen molar-refractivity contribution >= 4 is 5.91 Å². The monoisotopic (exact) mass is 204 g/mol. The highest BCUT2D eigenvalue weighted by Gasteiger charge is 2.07. The molecule has 0 aromatic heterocycles. The maximum atomic E-state index is 11.2. The van der Waals surface area contributed by atoms with Crippen molar-refractivity contribution in [2.24, 2.45) is 0 Å². The van der Waals surface area contributed by atoms with Gasteiger partial charge in [-0.2, -0.15) is 5.26 Å². The molecule has 0 fully saturated rings. The number of hydrogen-bond donors (Lipinski definition) is 1. The first-order valence-corrected chi connectivity index (χ1v) is 4.49. The molecule has 0 radical (unpaired) electrons. The van der Waals surface area contributed by atoms with E-state index in [9.17, 15) is 4.79 Å². The summed E-state index contributed by atoms with van der Waals surface area (Å²) in [4.78, 5) is 11.2. The molecule has 78 valence electrons. The predicted molar refractivity (Wildman–Crippen MR) is 55.5 cm³/mol. The Morgan fingerprint density at radius 1 is 1.60 bits per heavy atom. The van der Waals surface area contributed by atoms with Gasteiger partial charge in [-0.05, 0) is 17.7 Å². The Morgan fingerprint density at radius 2 is 2.33 bits per heavy atom. The third-order valence-electron chi connectivity index (χ3n) is 2.07. The van der Waals surface area contributed by atoms with Gasteiger partial charge in [0.15, 0.2) is 0 Å². The second-order valence-electron chi connectivity index (χ2n) is 2.98. The fourth-order valence-corrected chi connectivity index (χ4v) is 1.20. The van der Waals surface area contributed by atoms with Gasteiger partial charge in [0.2, 0.25) is 5.91 Å². The maximum Gasteiger partial charge on any atom is 0.224 e. The molecular weight excluding hydrogens is 192 g/mol. The number of carbonyl (C=O) groups excluding carboxylic acids is 1. The van der Waals surface area contributed by atoms with E-state index in [0.717, 1.165) is 0 Å². The number of ether oxygens (including phenoxy) is 1. The Kier molecular flexibility index (Phi) is 3.69. The molecule has 0 aliphatic rings. The van der Waals surface area contributed by atoms with Crippen LogP contribution in [0.4, 0.5) is 0 Å². The molecule has 1 rings (SSSR count). The van der Waals surface area contributed by atoms with Gasteiger partial charge in [-0.15, -0.1) is 0 Å². The van der Waals surface area contributed by atoms with Gasteiger partial charge in [-0.3, -0.25) is 4.79 Å². The van der Waals surface area contributed by atoms with Gasteiger partial charge in [0.1, 0.15) is 5.75 Å². The van der Waals surface area contributed by atoms with Crippen LogP contribution in [0, 0.1) is 11.3 Å². The van der Waals surface area contributed by atoms with E-state index >= 15 is 0 Å². The molecule has 0 heterocycles. The summed E-state index contributed by atoms with van der Waals surface area (Å²) in [6, 6.07) is 7.13. The fraction of sp³-hybridized carbons (Fsp3) is 0.273. The molecule has 1 aromatic rings. The van der Waals surface area contributed by atoms with Crippen molar-refractivity contribution in [2.75, 3.05) is 14.2 Å². The molecule has 0 saturated carbocycles. The van der Waals surface area contributed by atoms with Crippen LogP contribution in [0.2, 0.25) is 0 Å². The maximum absolute atomic E-state index is 11.2. The first kappa shape index (κ1) is 11.1. The number of nitriles is 1. The summed E-state index contributed by atoms with van der Waals surface area (Å²) in [5.74, 6) is 0.504. The van der Waals surface area contributed by atoms with Crippen molar-refractivity contribution in [3.8, 4) is 11.8 Å². The summed E-state index contributed by atoms with van der Waals surface area (Å²) in [7, 11) is 3.10. The Morgan fingerprint density at radius 3 is 2.87 bits per heavy atom. The highest BCUT2D eigenvalue weighted by molar-refractivity contribution is 5.79. The van der Waals surface area contributed by atoms with Crippen molar-refractivity contribution in [3.63, 3.8) is 0 Å². The molecular formula is C11H12N2O2. The Balaban J connectivity index is 2.99. The molecule has 0 spiro atoms. The normalized spacial score (nSPS) is 9.13. The Hall–Kier alpha value is -2.02. The van der Waals surface area contributed by atoms with E-state index in [1.807, 2.05) is 6.07 Å². The number of hydrogen-bond acceptors (Lipinski definition) is 3. The molecule has 0 unspecified atom stereocenters. The average molecular weight is 204 g/mol. The first-order valence-electron chi connectivity index (χ1n) is 4.49. The largest absolute Gasteiger partial charge is 0.497 e. The SMILES string of the molecule is CNC(=O)Cc1ccc(OC)cc1C#N. The minimum atomic E-state index is -0.114. The van der Waals surface area contributed by atoms with Gasteiger partial charge < -0.3 is 10.1 Å². The molecule has 15 heavy (non-hydrogen) atoms. The minimum Gasteiger partial charge on any atom is -0.497 e. The summed E-state index contributed by atoms with van der Waals surface area (Å²) in [6.45, 7) is 0. The smallest absolute Gasteiger partial charge is 0.224 e. The zero-order valence-corrected chi connectivity index (χ0v) is 8.70. The lowest BCUT2D eigenvalue weighted by molar-refractivity contribution is -0.119. The van der Waals surface area contributed by atoms with Crippen LogP contribution in [-0.4, -0.2) is 20.1 Å². The molecule has 1 amide bonds. The van der Waals surface area contributed by atoms with E-state index < -0.39 is 0 Å². The average Bonchev–Trinajstić information content (AvgIpc) is 2.29. The van der Waals surface area contributed by atoms with Gasteiger partial charge in [-0.25, -0.2) is 0 Å². The van der Waals surface area contributed by atoms with Gasteiger partial charge in [0.05, 0.1) is 25.2 Å². The molecule has 4 nitrogen and oxygen atoms in total. The molecule has 1 N–H and O–H groups in total. The van der Waals surface area contributed by atoms with Gasteiger partial charge >= 0.3 is 0 Å². The van der Waals surface area contributed by atoms with E-state index in [-0.39, 0.29) is 12.3 Å². The second kappa shape index (κ2) is 5.01. The lowest BCUT2D eigenvalue weighted by Crippen LogP contribution is -2.20. The highest BCUT2D eigenvalue weighted by Crippen LogP contribution is 2.17. The van der Waals surface area contributed by atoms with Crippen molar-refractivity contribution in [1.82, 2.24) is 5.32 Å². The summed E-state index contributed by atoms with van der Waals surface area (Å²) >= 11 is 0. The lowest BCUT2D eigenvalue weighted by Gasteiger charge is -2.05. The van der Waals surface area contributed by atoms with Crippen molar-refractivity contribution < 1.29 is 9.53 Å². The number of benzene rings is 1. The third kappa shape index (κ3) is 2.71. The number of carbonyl (C=O) groups is 1. The fourth-order valence-electron chi connectivity index (χ4n) is 1.20. The number of likely N-dealkylation sites (N-methyl/N-ethyl adjacent to an activating group) is 1. The van der Waals surface area contributed by atoms with Crippen LogP contribution in [0.15, 0.2) is 18.2 Å². The quantitative estimate of drug-likeness (QED) is 0.794. The zero-order valence-electron chi connectivity index (χ0n) is 8.70. The summed E-state index contributed by atoms with van der Waals surface area (Å²) < 4.78 is 4.99. The number of nitrogens with zero attached hydrogens (tertiary/aromatic N) is 1. The number of methoxy groups -OCH3 is 1. The van der Waals surface area contributed by atoms with Crippen LogP contribution in [0.3, 0.4) is 0 Å². The summed E-state index contributed by atoms with van der Waals surface area (Å²) in [5.41, 5.74) is 1.18. The molecule has 0 aliphatic carbocycles. The molecule has 0 atom stereocenters. The van der Waals surface area contributed by atoms with Gasteiger partial charge in [-0.1, -0.05) is 6.07 Å². The molecule has 0 saturated heterocycles. The van der Waals surface area contributed by atoms with E-state index in [0.29, 0.717) is 16.9 Å². The van der Waals surface area contributed by atoms with Gasteiger partial charge in [0.25, 0.3) is 0 Å². The standard InChI is InChI=1S/C11H12N2O2/c1-13-11(14)6-8-3-4-10(15-2)5-9(8)7-12/h3-5H,6H2,1-2H3,(H,13,14). The first-order chi connectivity index (χ1) is 7.21. The zero-order chi connectivity index (χ0) is 11.3. The minimum absolute atomic E-state index is 0.114. The lowest BCUT2D eigenvalue weighted by atomic mass is 10.0. The van der Waals surface area contributed by atoms with Crippen molar-refractivity contribution in [3.05, 3.63) is 29.3 Å². The summed E-state index contributed by atoms with van der Waals surface area (Å²) in [6.07, 6.45) is 0.212. The van der Waals surface area contributed by atoms with Crippen LogP contribution in [0.5, 0.6) is 5.75 Å². The van der Waals surface area contributed by atoms with Crippen LogP contribution in [0.1, 0.15) is 11.1 Å². The number of amides is 1. The van der Waals surface area contributed by atoms with Crippen LogP contribution in [0.25, 0.3) is 0 Å². The van der Waals surface area contributed by atoms with Crippen molar-refractivity contribution in [2.45, 2.75) is 6.42 Å². The third-order valence-corrected chi connectivity index (χ3v) is 2.07.